The van der Waals surface area contributed by atoms with Crippen molar-refractivity contribution in [3.8, 4) is 11.4 Å². The second-order valence-corrected chi connectivity index (χ2v) is 6.86. The summed E-state index contributed by atoms with van der Waals surface area (Å²) >= 11 is 5.94. The van der Waals surface area contributed by atoms with Gasteiger partial charge in [-0.2, -0.15) is 0 Å². The quantitative estimate of drug-likeness (QED) is 0.497. The molecular weight excluding hydrogens is 405 g/mol. The molecule has 0 fully saturated rings. The van der Waals surface area contributed by atoms with Crippen LogP contribution in [-0.4, -0.2) is 19.5 Å². The summed E-state index contributed by atoms with van der Waals surface area (Å²) in [5, 5.41) is 0.574. The Hall–Kier alpha value is -3.13. The Morgan fingerprint density at radius 3 is 2.34 bits per heavy atom. The number of rotatable bonds is 4. The summed E-state index contributed by atoms with van der Waals surface area (Å²) in [7, 11) is 0. The molecule has 0 spiro atoms. The monoisotopic (exact) mass is 418 g/mol. The Morgan fingerprint density at radius 1 is 1.07 bits per heavy atom. The fourth-order valence-corrected chi connectivity index (χ4v) is 3.29. The molecule has 0 radical (unpaired) electrons. The summed E-state index contributed by atoms with van der Waals surface area (Å²) in [5.74, 6) is -3.40. The average molecular weight is 419 g/mol. The van der Waals surface area contributed by atoms with E-state index in [9.17, 15) is 18.0 Å². The SMILES string of the molecule is CCn1c(-c2ccc(Cl)cc2)nc2c(=O)[nH]c(Cc3cc(F)c(F)c(F)c3)nc21. The first-order chi connectivity index (χ1) is 13.9. The molecule has 2 heterocycles. The van der Waals surface area contributed by atoms with Crippen molar-refractivity contribution in [2.45, 2.75) is 19.9 Å². The van der Waals surface area contributed by atoms with Crippen LogP contribution < -0.4 is 5.56 Å². The molecule has 0 unspecified atom stereocenters. The van der Waals surface area contributed by atoms with E-state index in [1.54, 1.807) is 28.8 Å². The van der Waals surface area contributed by atoms with Crippen LogP contribution in [0.5, 0.6) is 0 Å². The van der Waals surface area contributed by atoms with Gasteiger partial charge in [0.05, 0.1) is 0 Å². The van der Waals surface area contributed by atoms with Crippen LogP contribution in [0.25, 0.3) is 22.6 Å². The maximum atomic E-state index is 13.5. The maximum Gasteiger partial charge on any atom is 0.279 e. The van der Waals surface area contributed by atoms with Crippen molar-refractivity contribution >= 4 is 22.8 Å². The molecule has 0 aliphatic heterocycles. The third-order valence-electron chi connectivity index (χ3n) is 4.49. The van der Waals surface area contributed by atoms with E-state index in [0.29, 0.717) is 23.0 Å². The fourth-order valence-electron chi connectivity index (χ4n) is 3.16. The largest absolute Gasteiger partial charge is 0.309 e. The van der Waals surface area contributed by atoms with E-state index in [4.69, 9.17) is 11.6 Å². The zero-order valence-corrected chi connectivity index (χ0v) is 15.9. The number of aromatic amines is 1. The number of halogens is 4. The van der Waals surface area contributed by atoms with Crippen LogP contribution in [0.1, 0.15) is 18.3 Å². The molecule has 29 heavy (non-hydrogen) atoms. The van der Waals surface area contributed by atoms with Crippen LogP contribution >= 0.6 is 11.6 Å². The average Bonchev–Trinajstić information content (AvgIpc) is 3.05. The predicted molar refractivity (Wildman–Crippen MR) is 103 cm³/mol. The molecule has 4 aromatic rings. The topological polar surface area (TPSA) is 63.6 Å². The summed E-state index contributed by atoms with van der Waals surface area (Å²) in [5.41, 5.74) is 0.925. The standard InChI is InChI=1S/C20H14ClF3N4O/c1-2-28-18(11-3-5-12(21)6-4-11)27-17-19(28)25-15(26-20(17)29)9-10-7-13(22)16(24)14(23)8-10/h3-8H,2,9H2,1H3,(H,25,26,29). The Bertz CT molecular complexity index is 1260. The van der Waals surface area contributed by atoms with Crippen LogP contribution in [0.3, 0.4) is 0 Å². The Labute approximate surface area is 167 Å². The summed E-state index contributed by atoms with van der Waals surface area (Å²) in [6.07, 6.45) is -0.0789. The number of benzene rings is 2. The van der Waals surface area contributed by atoms with E-state index in [0.717, 1.165) is 17.7 Å². The second kappa shape index (κ2) is 7.36. The first-order valence-corrected chi connectivity index (χ1v) is 9.14. The minimum Gasteiger partial charge on any atom is -0.309 e. The van der Waals surface area contributed by atoms with Crippen molar-refractivity contribution in [1.29, 1.82) is 0 Å². The highest BCUT2D eigenvalue weighted by Crippen LogP contribution is 2.24. The van der Waals surface area contributed by atoms with Gasteiger partial charge in [0.25, 0.3) is 5.56 Å². The molecule has 2 aromatic carbocycles. The fraction of sp³-hybridized carbons (Fsp3) is 0.150. The third-order valence-corrected chi connectivity index (χ3v) is 4.74. The summed E-state index contributed by atoms with van der Waals surface area (Å²) in [6, 6.07) is 8.76. The molecule has 0 amide bonds. The minimum atomic E-state index is -1.54. The number of nitrogens with zero attached hydrogens (tertiary/aromatic N) is 3. The first kappa shape index (κ1) is 19.2. The number of nitrogens with one attached hydrogen (secondary N) is 1. The van der Waals surface area contributed by atoms with E-state index in [2.05, 4.69) is 15.0 Å². The van der Waals surface area contributed by atoms with Gasteiger partial charge in [-0.05, 0) is 48.9 Å². The van der Waals surface area contributed by atoms with Gasteiger partial charge >= 0.3 is 0 Å². The van der Waals surface area contributed by atoms with Crippen molar-refractivity contribution in [3.05, 3.63) is 80.6 Å². The van der Waals surface area contributed by atoms with Crippen LogP contribution in [0.15, 0.2) is 41.2 Å². The zero-order chi connectivity index (χ0) is 20.7. The van der Waals surface area contributed by atoms with Gasteiger partial charge in [-0.3, -0.25) is 4.79 Å². The number of imidazole rings is 1. The number of aromatic nitrogens is 4. The van der Waals surface area contributed by atoms with Crippen LogP contribution in [0.2, 0.25) is 5.02 Å². The minimum absolute atomic E-state index is 0.0789. The Balaban J connectivity index is 1.82. The van der Waals surface area contributed by atoms with Gasteiger partial charge in [-0.15, -0.1) is 0 Å². The molecule has 2 aromatic heterocycles. The molecule has 0 aliphatic rings. The molecule has 0 aliphatic carbocycles. The van der Waals surface area contributed by atoms with Gasteiger partial charge in [0, 0.05) is 23.6 Å². The van der Waals surface area contributed by atoms with Gasteiger partial charge in [0.2, 0.25) is 0 Å². The van der Waals surface area contributed by atoms with Crippen molar-refractivity contribution in [2.75, 3.05) is 0 Å². The van der Waals surface area contributed by atoms with E-state index < -0.39 is 23.0 Å². The highest BCUT2D eigenvalue weighted by molar-refractivity contribution is 6.30. The molecule has 0 saturated carbocycles. The summed E-state index contributed by atoms with van der Waals surface area (Å²) in [4.78, 5) is 24.0. The molecule has 9 heteroatoms. The molecular formula is C20H14ClF3N4O. The first-order valence-electron chi connectivity index (χ1n) is 8.76. The number of hydrogen-bond donors (Lipinski definition) is 1. The number of hydrogen-bond acceptors (Lipinski definition) is 3. The zero-order valence-electron chi connectivity index (χ0n) is 15.1. The van der Waals surface area contributed by atoms with E-state index in [1.807, 2.05) is 6.92 Å². The van der Waals surface area contributed by atoms with Crippen LogP contribution in [0, 0.1) is 17.5 Å². The second-order valence-electron chi connectivity index (χ2n) is 6.42. The Kier molecular flexibility index (Phi) is 4.87. The van der Waals surface area contributed by atoms with Crippen molar-refractivity contribution < 1.29 is 13.2 Å². The lowest BCUT2D eigenvalue weighted by atomic mass is 10.1. The molecule has 148 valence electrons. The summed E-state index contributed by atoms with van der Waals surface area (Å²) in [6.45, 7) is 2.37. The molecule has 5 nitrogen and oxygen atoms in total. The molecule has 1 N–H and O–H groups in total. The highest BCUT2D eigenvalue weighted by atomic mass is 35.5. The molecule has 4 rings (SSSR count). The predicted octanol–water partition coefficient (Wildman–Crippen LogP) is 4.47. The number of fused-ring (bicyclic) bond motifs is 1. The lowest BCUT2D eigenvalue weighted by molar-refractivity contribution is 0.445. The lowest BCUT2D eigenvalue weighted by Crippen LogP contribution is -2.13. The van der Waals surface area contributed by atoms with Gasteiger partial charge < -0.3 is 9.55 Å². The van der Waals surface area contributed by atoms with Gasteiger partial charge in [-0.25, -0.2) is 23.1 Å². The molecule has 0 bridgehead atoms. The molecule has 0 saturated heterocycles. The highest BCUT2D eigenvalue weighted by Gasteiger charge is 2.17. The Morgan fingerprint density at radius 2 is 1.72 bits per heavy atom. The maximum absolute atomic E-state index is 13.5. The van der Waals surface area contributed by atoms with Crippen molar-refractivity contribution in [3.63, 3.8) is 0 Å². The molecule has 0 atom stereocenters. The van der Waals surface area contributed by atoms with E-state index >= 15 is 0 Å². The van der Waals surface area contributed by atoms with Crippen LogP contribution in [0.4, 0.5) is 13.2 Å². The van der Waals surface area contributed by atoms with Gasteiger partial charge in [-0.1, -0.05) is 11.6 Å². The third kappa shape index (κ3) is 3.51. The van der Waals surface area contributed by atoms with E-state index in [-0.39, 0.29) is 23.3 Å². The normalized spacial score (nSPS) is 11.3. The number of H-pyrrole nitrogens is 1. The van der Waals surface area contributed by atoms with E-state index in [1.165, 1.54) is 0 Å². The van der Waals surface area contributed by atoms with Gasteiger partial charge in [0.15, 0.2) is 28.6 Å². The van der Waals surface area contributed by atoms with Crippen molar-refractivity contribution in [1.82, 2.24) is 19.5 Å². The summed E-state index contributed by atoms with van der Waals surface area (Å²) < 4.78 is 41.9. The number of aryl methyl sites for hydroxylation is 1. The lowest BCUT2D eigenvalue weighted by Gasteiger charge is -2.07. The smallest absolute Gasteiger partial charge is 0.279 e. The van der Waals surface area contributed by atoms with Gasteiger partial charge in [0.1, 0.15) is 11.6 Å². The van der Waals surface area contributed by atoms with Crippen molar-refractivity contribution in [2.24, 2.45) is 0 Å². The van der Waals surface area contributed by atoms with Crippen LogP contribution in [-0.2, 0) is 13.0 Å².